The van der Waals surface area contributed by atoms with E-state index in [0.717, 1.165) is 41.6 Å². The number of likely N-dealkylation sites (tertiary alicyclic amines) is 1. The lowest BCUT2D eigenvalue weighted by molar-refractivity contribution is 0.0517. The number of pyridine rings is 1. The molecule has 3 heterocycles. The number of benzene rings is 1. The quantitative estimate of drug-likeness (QED) is 0.535. The Kier molecular flexibility index (Phi) is 6.31. The Morgan fingerprint density at radius 1 is 1.05 bits per heavy atom. The van der Waals surface area contributed by atoms with Crippen LogP contribution in [0.4, 0.5) is 5.82 Å². The van der Waals surface area contributed by atoms with Gasteiger partial charge in [0, 0.05) is 49.9 Å². The van der Waals surface area contributed by atoms with Crippen LogP contribution in [0.5, 0.6) is 0 Å². The van der Waals surface area contributed by atoms with Gasteiger partial charge in [-0.15, -0.1) is 0 Å². The van der Waals surface area contributed by atoms with Crippen LogP contribution >= 0.6 is 0 Å². The van der Waals surface area contributed by atoms with Crippen molar-refractivity contribution >= 4 is 23.5 Å². The number of hydrogen-bond donors (Lipinski definition) is 2. The van der Waals surface area contributed by atoms with Gasteiger partial charge in [-0.2, -0.15) is 5.10 Å². The van der Waals surface area contributed by atoms with Crippen LogP contribution < -0.4 is 5.32 Å². The number of carboxylic acids is 1. The topological polar surface area (TPSA) is 117 Å². The number of amides is 1. The van der Waals surface area contributed by atoms with E-state index in [9.17, 15) is 14.4 Å². The second kappa shape index (κ2) is 9.46. The highest BCUT2D eigenvalue weighted by molar-refractivity contribution is 6.00. The molecule has 1 aliphatic heterocycles. The first kappa shape index (κ1) is 24.7. The fraction of sp³-hybridized carbons (Fsp3) is 0.393. The first-order valence-electron chi connectivity index (χ1n) is 12.6. The van der Waals surface area contributed by atoms with E-state index >= 15 is 0 Å². The average Bonchev–Trinajstić information content (AvgIpc) is 3.33. The number of carboxylic acid groups (broad SMARTS) is 1. The van der Waals surface area contributed by atoms with Crippen molar-refractivity contribution in [1.82, 2.24) is 19.7 Å². The summed E-state index contributed by atoms with van der Waals surface area (Å²) in [4.78, 5) is 44.2. The third-order valence-corrected chi connectivity index (χ3v) is 7.66. The molecule has 3 aromatic rings. The van der Waals surface area contributed by atoms with Crippen LogP contribution in [-0.4, -0.2) is 62.6 Å². The molecule has 192 valence electrons. The van der Waals surface area contributed by atoms with Gasteiger partial charge in [0.05, 0.1) is 17.3 Å². The highest BCUT2D eigenvalue weighted by Crippen LogP contribution is 2.44. The SMILES string of the molecule is CNc1ncc(-c2ccc(C(=O)O)cc2)cc1C(=O)N1CCC2(CC1)CC(=O)c1c(cnn1C(C)C)C2. The molecule has 0 radical (unpaired) electrons. The van der Waals surface area contributed by atoms with E-state index in [1.807, 2.05) is 29.6 Å². The van der Waals surface area contributed by atoms with Crippen molar-refractivity contribution in [3.63, 3.8) is 0 Å². The molecule has 9 heteroatoms. The van der Waals surface area contributed by atoms with E-state index in [0.29, 0.717) is 30.9 Å². The number of aromatic carboxylic acids is 1. The Bertz CT molecular complexity index is 1370. The highest BCUT2D eigenvalue weighted by atomic mass is 16.4. The molecule has 0 bridgehead atoms. The largest absolute Gasteiger partial charge is 0.478 e. The first-order valence-corrected chi connectivity index (χ1v) is 12.6. The molecule has 0 saturated carbocycles. The van der Waals surface area contributed by atoms with Crippen LogP contribution in [0.3, 0.4) is 0 Å². The van der Waals surface area contributed by atoms with E-state index in [4.69, 9.17) is 5.11 Å². The van der Waals surface area contributed by atoms with Crippen LogP contribution in [0.15, 0.2) is 42.7 Å². The summed E-state index contributed by atoms with van der Waals surface area (Å²) in [5, 5.41) is 16.6. The summed E-state index contributed by atoms with van der Waals surface area (Å²) < 4.78 is 1.83. The fourth-order valence-corrected chi connectivity index (χ4v) is 5.61. The minimum atomic E-state index is -0.987. The maximum Gasteiger partial charge on any atom is 0.335 e. The van der Waals surface area contributed by atoms with Gasteiger partial charge in [0.15, 0.2) is 5.78 Å². The molecule has 2 aromatic heterocycles. The molecule has 9 nitrogen and oxygen atoms in total. The fourth-order valence-electron chi connectivity index (χ4n) is 5.61. The van der Waals surface area contributed by atoms with E-state index in [1.165, 1.54) is 12.1 Å². The van der Waals surface area contributed by atoms with Crippen molar-refractivity contribution in [2.45, 2.75) is 45.6 Å². The number of piperidine rings is 1. The summed E-state index contributed by atoms with van der Waals surface area (Å²) in [5.41, 5.74) is 3.82. The van der Waals surface area contributed by atoms with Gasteiger partial charge in [0.2, 0.25) is 0 Å². The molecule has 2 aliphatic rings. The second-order valence-electron chi connectivity index (χ2n) is 10.4. The van der Waals surface area contributed by atoms with Gasteiger partial charge in [-0.25, -0.2) is 9.78 Å². The number of nitrogens with zero attached hydrogens (tertiary/aromatic N) is 4. The minimum Gasteiger partial charge on any atom is -0.478 e. The number of carbonyl (C=O) groups is 3. The summed E-state index contributed by atoms with van der Waals surface area (Å²) >= 11 is 0. The molecule has 1 aromatic carbocycles. The zero-order chi connectivity index (χ0) is 26.3. The van der Waals surface area contributed by atoms with Crippen molar-refractivity contribution in [3.05, 3.63) is 65.1 Å². The minimum absolute atomic E-state index is 0.105. The standard InChI is InChI=1S/C28H31N5O4/c1-17(2)33-24-21(16-31-33)13-28(14-23(24)34)8-10-32(11-9-28)26(35)22-12-20(15-30-25(22)29-3)18-4-6-19(7-5-18)27(36)37/h4-7,12,15-17H,8-11,13-14H2,1-3H3,(H,29,30)(H,36,37). The molecule has 1 amide bonds. The monoisotopic (exact) mass is 501 g/mol. The molecule has 0 unspecified atom stereocenters. The number of anilines is 1. The number of Topliss-reactive ketones (excluding diaryl/α,β-unsaturated/α-hetero) is 1. The smallest absolute Gasteiger partial charge is 0.335 e. The summed E-state index contributed by atoms with van der Waals surface area (Å²) in [7, 11) is 1.73. The normalized spacial score (nSPS) is 16.6. The lowest BCUT2D eigenvalue weighted by Crippen LogP contribution is -2.46. The third-order valence-electron chi connectivity index (χ3n) is 7.66. The maximum atomic E-state index is 13.6. The first-order chi connectivity index (χ1) is 17.7. The number of nitrogens with one attached hydrogen (secondary N) is 1. The van der Waals surface area contributed by atoms with Crippen molar-refractivity contribution in [1.29, 1.82) is 0 Å². The zero-order valence-electron chi connectivity index (χ0n) is 21.3. The predicted octanol–water partition coefficient (Wildman–Crippen LogP) is 4.32. The summed E-state index contributed by atoms with van der Waals surface area (Å²) in [6, 6.07) is 8.45. The number of fused-ring (bicyclic) bond motifs is 1. The van der Waals surface area contributed by atoms with Crippen molar-refractivity contribution in [2.75, 3.05) is 25.5 Å². The van der Waals surface area contributed by atoms with Gasteiger partial charge in [0.25, 0.3) is 5.91 Å². The van der Waals surface area contributed by atoms with Gasteiger partial charge >= 0.3 is 5.97 Å². The van der Waals surface area contributed by atoms with Crippen LogP contribution in [0, 0.1) is 5.41 Å². The van der Waals surface area contributed by atoms with E-state index in [-0.39, 0.29) is 28.7 Å². The van der Waals surface area contributed by atoms with Crippen LogP contribution in [0.1, 0.15) is 75.9 Å². The molecule has 1 saturated heterocycles. The summed E-state index contributed by atoms with van der Waals surface area (Å²) in [6.07, 6.45) is 6.33. The van der Waals surface area contributed by atoms with E-state index in [1.54, 1.807) is 31.4 Å². The second-order valence-corrected chi connectivity index (χ2v) is 10.4. The number of ketones is 1. The molecule has 5 rings (SSSR count). The lowest BCUT2D eigenvalue weighted by atomic mass is 9.67. The molecular formula is C28H31N5O4. The third kappa shape index (κ3) is 4.50. The molecule has 2 N–H and O–H groups in total. The van der Waals surface area contributed by atoms with Crippen LogP contribution in [-0.2, 0) is 6.42 Å². The Labute approximate surface area is 215 Å². The summed E-state index contributed by atoms with van der Waals surface area (Å²) in [5.74, 6) is -0.449. The Morgan fingerprint density at radius 2 is 1.76 bits per heavy atom. The van der Waals surface area contributed by atoms with Gasteiger partial charge in [-0.05, 0) is 62.3 Å². The molecule has 1 fully saturated rings. The molecular weight excluding hydrogens is 470 g/mol. The molecule has 0 atom stereocenters. The molecule has 1 aliphatic carbocycles. The van der Waals surface area contributed by atoms with E-state index in [2.05, 4.69) is 15.4 Å². The number of carbonyl (C=O) groups excluding carboxylic acids is 2. The van der Waals surface area contributed by atoms with Crippen molar-refractivity contribution < 1.29 is 19.5 Å². The van der Waals surface area contributed by atoms with Gasteiger partial charge in [-0.1, -0.05) is 12.1 Å². The Balaban J connectivity index is 1.34. The number of rotatable bonds is 5. The summed E-state index contributed by atoms with van der Waals surface area (Å²) in [6.45, 7) is 5.20. The average molecular weight is 502 g/mol. The van der Waals surface area contributed by atoms with Gasteiger partial charge in [-0.3, -0.25) is 14.3 Å². The Hall–Kier alpha value is -4.01. The van der Waals surface area contributed by atoms with Crippen molar-refractivity contribution in [3.8, 4) is 11.1 Å². The molecule has 37 heavy (non-hydrogen) atoms. The van der Waals surface area contributed by atoms with Crippen LogP contribution in [0.25, 0.3) is 11.1 Å². The number of hydrogen-bond acceptors (Lipinski definition) is 6. The highest BCUT2D eigenvalue weighted by Gasteiger charge is 2.43. The predicted molar refractivity (Wildman–Crippen MR) is 139 cm³/mol. The van der Waals surface area contributed by atoms with Crippen LogP contribution in [0.2, 0.25) is 0 Å². The Morgan fingerprint density at radius 3 is 2.38 bits per heavy atom. The van der Waals surface area contributed by atoms with E-state index < -0.39 is 5.97 Å². The van der Waals surface area contributed by atoms with Gasteiger partial charge < -0.3 is 15.3 Å². The van der Waals surface area contributed by atoms with Crippen molar-refractivity contribution in [2.24, 2.45) is 5.41 Å². The number of aromatic nitrogens is 3. The van der Waals surface area contributed by atoms with Gasteiger partial charge in [0.1, 0.15) is 11.5 Å². The zero-order valence-corrected chi connectivity index (χ0v) is 21.3. The molecule has 1 spiro atoms. The lowest BCUT2D eigenvalue weighted by Gasteiger charge is -2.43. The maximum absolute atomic E-state index is 13.6.